The third-order valence-electron chi connectivity index (χ3n) is 3.67. The van der Waals surface area contributed by atoms with E-state index in [0.717, 1.165) is 12.0 Å². The van der Waals surface area contributed by atoms with Crippen LogP contribution < -0.4 is 5.32 Å². The van der Waals surface area contributed by atoms with Gasteiger partial charge in [-0.3, -0.25) is 0 Å². The van der Waals surface area contributed by atoms with Gasteiger partial charge in [0.2, 0.25) is 0 Å². The Bertz CT molecular complexity index is 158. The maximum atomic E-state index is 3.31. The summed E-state index contributed by atoms with van der Waals surface area (Å²) < 4.78 is 0. The number of hydrogen-bond donors (Lipinski definition) is 1. The van der Waals surface area contributed by atoms with Gasteiger partial charge in [0.05, 0.1) is 0 Å². The van der Waals surface area contributed by atoms with Crippen molar-refractivity contribution in [3.05, 3.63) is 0 Å². The first-order valence-electron chi connectivity index (χ1n) is 5.79. The molecule has 1 N–H and O–H groups in total. The van der Waals surface area contributed by atoms with Crippen LogP contribution in [0.15, 0.2) is 0 Å². The predicted molar refractivity (Wildman–Crippen MR) is 55.9 cm³/mol. The molecule has 0 aromatic heterocycles. The number of hydrogen-bond acceptors (Lipinski definition) is 2. The normalized spacial score (nSPS) is 35.8. The molecule has 0 amide bonds. The van der Waals surface area contributed by atoms with Crippen molar-refractivity contribution in [1.29, 1.82) is 0 Å². The lowest BCUT2D eigenvalue weighted by Gasteiger charge is -2.42. The zero-order chi connectivity index (χ0) is 9.10. The van der Waals surface area contributed by atoms with E-state index in [-0.39, 0.29) is 0 Å². The van der Waals surface area contributed by atoms with Crippen LogP contribution in [-0.2, 0) is 0 Å². The molecule has 2 heterocycles. The van der Waals surface area contributed by atoms with Crippen LogP contribution in [0.5, 0.6) is 0 Å². The molecule has 0 aromatic carbocycles. The zero-order valence-corrected chi connectivity index (χ0v) is 8.76. The van der Waals surface area contributed by atoms with E-state index in [9.17, 15) is 0 Å². The molecule has 2 unspecified atom stereocenters. The molecule has 2 fully saturated rings. The van der Waals surface area contributed by atoms with E-state index in [1.165, 1.54) is 51.7 Å². The van der Waals surface area contributed by atoms with Crippen molar-refractivity contribution >= 4 is 0 Å². The largest absolute Gasteiger partial charge is 0.319 e. The molecule has 2 saturated heterocycles. The van der Waals surface area contributed by atoms with Crippen LogP contribution in [0, 0.1) is 5.92 Å². The minimum absolute atomic E-state index is 0.931. The summed E-state index contributed by atoms with van der Waals surface area (Å²) in [6, 6.07) is 0.931. The third kappa shape index (κ3) is 2.23. The second-order valence-corrected chi connectivity index (χ2v) is 4.63. The molecule has 76 valence electrons. The summed E-state index contributed by atoms with van der Waals surface area (Å²) in [6.07, 6.45) is 7.22. The Hall–Kier alpha value is -0.0800. The van der Waals surface area contributed by atoms with Gasteiger partial charge in [0, 0.05) is 6.04 Å². The maximum absolute atomic E-state index is 3.31. The molecule has 0 aliphatic carbocycles. The van der Waals surface area contributed by atoms with Crippen molar-refractivity contribution < 1.29 is 0 Å². The highest BCUT2D eigenvalue weighted by molar-refractivity contribution is 4.84. The molecule has 2 heteroatoms. The van der Waals surface area contributed by atoms with Gasteiger partial charge in [-0.15, -0.1) is 0 Å². The summed E-state index contributed by atoms with van der Waals surface area (Å²) in [4.78, 5) is 2.72. The van der Waals surface area contributed by atoms with Crippen molar-refractivity contribution in [2.45, 2.75) is 38.1 Å². The van der Waals surface area contributed by atoms with Gasteiger partial charge in [-0.05, 0) is 58.3 Å². The number of nitrogens with zero attached hydrogens (tertiary/aromatic N) is 1. The lowest BCUT2D eigenvalue weighted by Crippen LogP contribution is -2.46. The number of rotatable bonds is 2. The van der Waals surface area contributed by atoms with Gasteiger partial charge in [0.25, 0.3) is 0 Å². The average molecular weight is 182 g/mol. The number of piperidine rings is 2. The standard InChI is InChI=1S/C11H22N2/c1-12-9-10-5-7-13-6-3-2-4-11(13)8-10/h10-12H,2-9H2,1H3. The fourth-order valence-corrected chi connectivity index (χ4v) is 2.95. The molecule has 2 aliphatic heterocycles. The van der Waals surface area contributed by atoms with E-state index in [4.69, 9.17) is 0 Å². The molecule has 0 saturated carbocycles. The van der Waals surface area contributed by atoms with Gasteiger partial charge in [-0.2, -0.15) is 0 Å². The smallest absolute Gasteiger partial charge is 0.00983 e. The second-order valence-electron chi connectivity index (χ2n) is 4.63. The highest BCUT2D eigenvalue weighted by Crippen LogP contribution is 2.28. The van der Waals surface area contributed by atoms with E-state index < -0.39 is 0 Å². The highest BCUT2D eigenvalue weighted by Gasteiger charge is 2.29. The Balaban J connectivity index is 1.84. The minimum Gasteiger partial charge on any atom is -0.319 e. The van der Waals surface area contributed by atoms with Crippen molar-refractivity contribution in [1.82, 2.24) is 10.2 Å². The molecule has 0 aromatic rings. The Kier molecular flexibility index (Phi) is 3.23. The summed E-state index contributed by atoms with van der Waals surface area (Å²) in [7, 11) is 2.08. The van der Waals surface area contributed by atoms with Crippen molar-refractivity contribution in [3.63, 3.8) is 0 Å². The van der Waals surface area contributed by atoms with Crippen LogP contribution in [0.1, 0.15) is 32.1 Å². The fraction of sp³-hybridized carbons (Fsp3) is 1.00. The van der Waals surface area contributed by atoms with Crippen LogP contribution in [-0.4, -0.2) is 37.6 Å². The summed E-state index contributed by atoms with van der Waals surface area (Å²) in [5.74, 6) is 0.948. The minimum atomic E-state index is 0.931. The van der Waals surface area contributed by atoms with Crippen LogP contribution in [0.25, 0.3) is 0 Å². The predicted octanol–water partition coefficient (Wildman–Crippen LogP) is 1.47. The Morgan fingerprint density at radius 2 is 2.15 bits per heavy atom. The lowest BCUT2D eigenvalue weighted by atomic mass is 9.86. The van der Waals surface area contributed by atoms with Gasteiger partial charge in [0.15, 0.2) is 0 Å². The molecule has 2 rings (SSSR count). The second kappa shape index (κ2) is 4.43. The van der Waals surface area contributed by atoms with Crippen molar-refractivity contribution in [2.75, 3.05) is 26.7 Å². The highest BCUT2D eigenvalue weighted by atomic mass is 15.2. The van der Waals surface area contributed by atoms with Crippen LogP contribution >= 0.6 is 0 Å². The van der Waals surface area contributed by atoms with Crippen LogP contribution in [0.4, 0.5) is 0 Å². The van der Waals surface area contributed by atoms with Gasteiger partial charge < -0.3 is 10.2 Å². The molecule has 0 spiro atoms. The first-order valence-corrected chi connectivity index (χ1v) is 5.79. The Morgan fingerprint density at radius 1 is 1.23 bits per heavy atom. The molecular formula is C11H22N2. The molecule has 13 heavy (non-hydrogen) atoms. The van der Waals surface area contributed by atoms with E-state index in [1.807, 2.05) is 0 Å². The van der Waals surface area contributed by atoms with E-state index in [0.29, 0.717) is 0 Å². The Labute approximate surface area is 81.7 Å². The van der Waals surface area contributed by atoms with Crippen LogP contribution in [0.2, 0.25) is 0 Å². The molecule has 2 atom stereocenters. The average Bonchev–Trinajstić information content (AvgIpc) is 2.18. The first-order chi connectivity index (χ1) is 6.40. The summed E-state index contributed by atoms with van der Waals surface area (Å²) in [5.41, 5.74) is 0. The van der Waals surface area contributed by atoms with Gasteiger partial charge in [-0.25, -0.2) is 0 Å². The number of fused-ring (bicyclic) bond motifs is 1. The molecule has 2 nitrogen and oxygen atoms in total. The monoisotopic (exact) mass is 182 g/mol. The Morgan fingerprint density at radius 3 is 3.00 bits per heavy atom. The quantitative estimate of drug-likeness (QED) is 0.695. The topological polar surface area (TPSA) is 15.3 Å². The van der Waals surface area contributed by atoms with Gasteiger partial charge in [-0.1, -0.05) is 6.42 Å². The molecule has 2 aliphatic rings. The van der Waals surface area contributed by atoms with Crippen molar-refractivity contribution in [3.8, 4) is 0 Å². The molecular weight excluding hydrogens is 160 g/mol. The summed E-state index contributed by atoms with van der Waals surface area (Å²) >= 11 is 0. The SMILES string of the molecule is CNCC1CCN2CCCCC2C1. The first kappa shape index (κ1) is 9.47. The fourth-order valence-electron chi connectivity index (χ4n) is 2.95. The van der Waals surface area contributed by atoms with Crippen molar-refractivity contribution in [2.24, 2.45) is 5.92 Å². The maximum Gasteiger partial charge on any atom is 0.00983 e. The zero-order valence-electron chi connectivity index (χ0n) is 8.76. The van der Waals surface area contributed by atoms with E-state index >= 15 is 0 Å². The van der Waals surface area contributed by atoms with E-state index in [2.05, 4.69) is 17.3 Å². The lowest BCUT2D eigenvalue weighted by molar-refractivity contribution is 0.0791. The van der Waals surface area contributed by atoms with Gasteiger partial charge in [0.1, 0.15) is 0 Å². The molecule has 0 bridgehead atoms. The van der Waals surface area contributed by atoms with Crippen LogP contribution in [0.3, 0.4) is 0 Å². The summed E-state index contributed by atoms with van der Waals surface area (Å²) in [5, 5.41) is 3.31. The third-order valence-corrected chi connectivity index (χ3v) is 3.67. The molecule has 0 radical (unpaired) electrons. The summed E-state index contributed by atoms with van der Waals surface area (Å²) in [6.45, 7) is 3.96. The van der Waals surface area contributed by atoms with Gasteiger partial charge >= 0.3 is 0 Å². The van der Waals surface area contributed by atoms with E-state index in [1.54, 1.807) is 0 Å². The number of nitrogens with one attached hydrogen (secondary N) is 1.